The van der Waals surface area contributed by atoms with E-state index in [0.29, 0.717) is 11.5 Å². The first-order valence-corrected chi connectivity index (χ1v) is 10.1. The molecule has 5 nitrogen and oxygen atoms in total. The van der Waals surface area contributed by atoms with Gasteiger partial charge in [-0.15, -0.1) is 11.3 Å². The fraction of sp³-hybridized carbons (Fsp3) is 0.526. The molecule has 4 rings (SSSR count). The van der Waals surface area contributed by atoms with Gasteiger partial charge in [-0.05, 0) is 43.6 Å². The third-order valence-electron chi connectivity index (χ3n) is 5.67. The molecule has 7 heteroatoms. The average molecular weight is 374 g/mol. The summed E-state index contributed by atoms with van der Waals surface area (Å²) in [4.78, 5) is 24.9. The quantitative estimate of drug-likeness (QED) is 0.826. The van der Waals surface area contributed by atoms with Crippen LogP contribution in [0.3, 0.4) is 0 Å². The van der Waals surface area contributed by atoms with E-state index < -0.39 is 5.82 Å². The second kappa shape index (κ2) is 7.70. The maximum Gasteiger partial charge on any atom is 0.255 e. The van der Waals surface area contributed by atoms with Crippen molar-refractivity contribution in [3.05, 3.63) is 41.4 Å². The smallest absolute Gasteiger partial charge is 0.255 e. The number of thiazole rings is 1. The Labute approximate surface area is 156 Å². The Balaban J connectivity index is 1.28. The number of amides is 1. The van der Waals surface area contributed by atoms with E-state index in [1.54, 1.807) is 11.3 Å². The molecule has 0 saturated carbocycles. The number of rotatable bonds is 3. The van der Waals surface area contributed by atoms with E-state index in [-0.39, 0.29) is 5.91 Å². The zero-order valence-corrected chi connectivity index (χ0v) is 15.5. The number of anilines is 1. The lowest BCUT2D eigenvalue weighted by Gasteiger charge is -2.40. The highest BCUT2D eigenvalue weighted by atomic mass is 32.1. The van der Waals surface area contributed by atoms with Crippen molar-refractivity contribution >= 4 is 22.4 Å². The SMILES string of the molecule is O=C(c1cncc(F)c1)N1CCC(C2CCN(c3nccs3)CC2)CC1. The van der Waals surface area contributed by atoms with Crippen molar-refractivity contribution in [2.45, 2.75) is 25.7 Å². The van der Waals surface area contributed by atoms with E-state index in [4.69, 9.17) is 0 Å². The molecule has 2 saturated heterocycles. The molecule has 2 aromatic heterocycles. The van der Waals surface area contributed by atoms with Crippen LogP contribution in [0.5, 0.6) is 0 Å². The molecule has 2 aliphatic heterocycles. The molecule has 0 spiro atoms. The van der Waals surface area contributed by atoms with Gasteiger partial charge in [0.1, 0.15) is 5.82 Å². The highest BCUT2D eigenvalue weighted by Crippen LogP contribution is 2.34. The van der Waals surface area contributed by atoms with E-state index in [1.165, 1.54) is 25.1 Å². The third-order valence-corrected chi connectivity index (χ3v) is 6.51. The number of hydrogen-bond donors (Lipinski definition) is 0. The molecule has 0 bridgehead atoms. The Morgan fingerprint density at radius 1 is 1.08 bits per heavy atom. The number of piperidine rings is 2. The topological polar surface area (TPSA) is 49.3 Å². The largest absolute Gasteiger partial charge is 0.348 e. The van der Waals surface area contributed by atoms with Crippen LogP contribution in [-0.4, -0.2) is 47.0 Å². The second-order valence-corrected chi connectivity index (χ2v) is 8.03. The second-order valence-electron chi connectivity index (χ2n) is 7.16. The van der Waals surface area contributed by atoms with Crippen LogP contribution in [0.4, 0.5) is 9.52 Å². The molecule has 1 amide bonds. The van der Waals surface area contributed by atoms with E-state index in [9.17, 15) is 9.18 Å². The van der Waals surface area contributed by atoms with Gasteiger partial charge in [-0.2, -0.15) is 0 Å². The summed E-state index contributed by atoms with van der Waals surface area (Å²) in [5, 5.41) is 3.16. The van der Waals surface area contributed by atoms with Gasteiger partial charge in [0.05, 0.1) is 11.8 Å². The highest BCUT2D eigenvalue weighted by molar-refractivity contribution is 7.13. The highest BCUT2D eigenvalue weighted by Gasteiger charge is 2.31. The lowest BCUT2D eigenvalue weighted by Crippen LogP contribution is -2.42. The number of carbonyl (C=O) groups excluding carboxylic acids is 1. The third kappa shape index (κ3) is 3.72. The van der Waals surface area contributed by atoms with Crippen LogP contribution in [0.25, 0.3) is 0 Å². The van der Waals surface area contributed by atoms with Crippen molar-refractivity contribution in [2.24, 2.45) is 11.8 Å². The Bertz CT molecular complexity index is 738. The van der Waals surface area contributed by atoms with Crippen LogP contribution in [0.2, 0.25) is 0 Å². The lowest BCUT2D eigenvalue weighted by atomic mass is 9.79. The van der Waals surface area contributed by atoms with Crippen LogP contribution >= 0.6 is 11.3 Å². The molecule has 2 aliphatic rings. The number of halogens is 1. The van der Waals surface area contributed by atoms with Gasteiger partial charge >= 0.3 is 0 Å². The number of nitrogens with zero attached hydrogens (tertiary/aromatic N) is 4. The van der Waals surface area contributed by atoms with Gasteiger partial charge in [-0.25, -0.2) is 9.37 Å². The summed E-state index contributed by atoms with van der Waals surface area (Å²) >= 11 is 1.71. The summed E-state index contributed by atoms with van der Waals surface area (Å²) in [6.07, 6.45) is 8.92. The molecular formula is C19H23FN4OS. The maximum atomic E-state index is 13.3. The summed E-state index contributed by atoms with van der Waals surface area (Å²) in [5.74, 6) is 0.856. The Morgan fingerprint density at radius 2 is 1.77 bits per heavy atom. The van der Waals surface area contributed by atoms with Gasteiger partial charge in [0.2, 0.25) is 0 Å². The van der Waals surface area contributed by atoms with Crippen molar-refractivity contribution in [3.8, 4) is 0 Å². The summed E-state index contributed by atoms with van der Waals surface area (Å²) in [6, 6.07) is 1.27. The van der Waals surface area contributed by atoms with E-state index >= 15 is 0 Å². The number of hydrogen-bond acceptors (Lipinski definition) is 5. The van der Waals surface area contributed by atoms with Crippen LogP contribution in [-0.2, 0) is 0 Å². The molecule has 2 aromatic rings. The van der Waals surface area contributed by atoms with Crippen molar-refractivity contribution < 1.29 is 9.18 Å². The normalized spacial score (nSPS) is 19.7. The zero-order valence-electron chi connectivity index (χ0n) is 14.7. The first-order valence-electron chi connectivity index (χ1n) is 9.25. The molecule has 0 aromatic carbocycles. The molecule has 0 radical (unpaired) electrons. The lowest BCUT2D eigenvalue weighted by molar-refractivity contribution is 0.0645. The summed E-state index contributed by atoms with van der Waals surface area (Å²) in [6.45, 7) is 3.66. The molecule has 4 heterocycles. The fourth-order valence-electron chi connectivity index (χ4n) is 4.22. The molecule has 0 aliphatic carbocycles. The molecular weight excluding hydrogens is 351 g/mol. The standard InChI is InChI=1S/C19H23FN4OS/c20-17-11-16(12-21-13-17)18(25)23-6-1-14(2-7-23)15-3-8-24(9-4-15)19-22-5-10-26-19/h5,10-15H,1-4,6-9H2. The minimum absolute atomic E-state index is 0.103. The van der Waals surface area contributed by atoms with E-state index in [2.05, 4.69) is 14.9 Å². The Kier molecular flexibility index (Phi) is 5.15. The number of carbonyl (C=O) groups is 1. The van der Waals surface area contributed by atoms with Gasteiger partial charge in [0, 0.05) is 44.0 Å². The molecule has 0 N–H and O–H groups in total. The minimum Gasteiger partial charge on any atom is -0.348 e. The summed E-state index contributed by atoms with van der Waals surface area (Å²) in [5.41, 5.74) is 0.347. The average Bonchev–Trinajstić information content (AvgIpc) is 3.23. The minimum atomic E-state index is -0.460. The maximum absolute atomic E-state index is 13.3. The number of aromatic nitrogens is 2. The molecule has 0 atom stereocenters. The van der Waals surface area contributed by atoms with Crippen molar-refractivity contribution in [1.82, 2.24) is 14.9 Å². The predicted octanol–water partition coefficient (Wildman–Crippen LogP) is 3.45. The van der Waals surface area contributed by atoms with Crippen LogP contribution < -0.4 is 4.90 Å². The van der Waals surface area contributed by atoms with Gasteiger partial charge in [0.15, 0.2) is 5.13 Å². The van der Waals surface area contributed by atoms with Crippen LogP contribution in [0.1, 0.15) is 36.0 Å². The van der Waals surface area contributed by atoms with Crippen LogP contribution in [0, 0.1) is 17.7 Å². The summed E-state index contributed by atoms with van der Waals surface area (Å²) < 4.78 is 13.3. The number of pyridine rings is 1. The van der Waals surface area contributed by atoms with Crippen molar-refractivity contribution in [3.63, 3.8) is 0 Å². The predicted molar refractivity (Wildman–Crippen MR) is 99.9 cm³/mol. The number of likely N-dealkylation sites (tertiary alicyclic amines) is 1. The monoisotopic (exact) mass is 374 g/mol. The fourth-order valence-corrected chi connectivity index (χ4v) is 4.92. The van der Waals surface area contributed by atoms with Crippen molar-refractivity contribution in [1.29, 1.82) is 0 Å². The zero-order chi connectivity index (χ0) is 17.9. The van der Waals surface area contributed by atoms with E-state index in [0.717, 1.165) is 56.3 Å². The Hall–Kier alpha value is -2.02. The molecule has 0 unspecified atom stereocenters. The van der Waals surface area contributed by atoms with Crippen LogP contribution in [0.15, 0.2) is 30.0 Å². The van der Waals surface area contributed by atoms with Crippen molar-refractivity contribution in [2.75, 3.05) is 31.1 Å². The molecule has 26 heavy (non-hydrogen) atoms. The first-order chi connectivity index (χ1) is 12.7. The van der Waals surface area contributed by atoms with Gasteiger partial charge in [-0.3, -0.25) is 9.78 Å². The van der Waals surface area contributed by atoms with E-state index in [1.807, 2.05) is 16.5 Å². The Morgan fingerprint density at radius 3 is 2.38 bits per heavy atom. The molecule has 2 fully saturated rings. The van der Waals surface area contributed by atoms with Gasteiger partial charge in [-0.1, -0.05) is 0 Å². The molecule has 138 valence electrons. The van der Waals surface area contributed by atoms with Gasteiger partial charge < -0.3 is 9.80 Å². The van der Waals surface area contributed by atoms with Gasteiger partial charge in [0.25, 0.3) is 5.91 Å². The first kappa shape index (κ1) is 17.4. The summed E-state index contributed by atoms with van der Waals surface area (Å²) in [7, 11) is 0.